The van der Waals surface area contributed by atoms with Gasteiger partial charge in [-0.25, -0.2) is 9.59 Å². The molecule has 0 aromatic rings. The summed E-state index contributed by atoms with van der Waals surface area (Å²) in [5.74, 6) is -0.558. The van der Waals surface area contributed by atoms with Crippen LogP contribution in [-0.2, 0) is 9.53 Å². The lowest BCUT2D eigenvalue weighted by atomic mass is 9.93. The molecule has 0 aromatic heterocycles. The Morgan fingerprint density at radius 3 is 2.26 bits per heavy atom. The van der Waals surface area contributed by atoms with Crippen LogP contribution in [0, 0.1) is 5.92 Å². The Balaban J connectivity index is 4.05. The Morgan fingerprint density at radius 1 is 1.26 bits per heavy atom. The molecule has 2 amide bonds. The Morgan fingerprint density at radius 2 is 1.84 bits per heavy atom. The zero-order chi connectivity index (χ0) is 14.9. The van der Waals surface area contributed by atoms with Gasteiger partial charge in [0.2, 0.25) is 0 Å². The highest BCUT2D eigenvalue weighted by Crippen LogP contribution is 2.14. The third-order valence-electron chi connectivity index (χ3n) is 2.95. The first kappa shape index (κ1) is 17.7. The summed E-state index contributed by atoms with van der Waals surface area (Å²) in [6.45, 7) is 9.00. The third-order valence-corrected chi connectivity index (χ3v) is 2.95. The molecule has 6 nitrogen and oxygen atoms in total. The maximum atomic E-state index is 11.6. The molecule has 6 heteroatoms. The van der Waals surface area contributed by atoms with Crippen molar-refractivity contribution in [1.82, 2.24) is 10.6 Å². The maximum Gasteiger partial charge on any atom is 0.329 e. The highest BCUT2D eigenvalue weighted by atomic mass is 16.5. The molecule has 0 spiro atoms. The number of hydrogen-bond donors (Lipinski definition) is 3. The van der Waals surface area contributed by atoms with E-state index in [0.717, 1.165) is 0 Å². The average molecular weight is 274 g/mol. The van der Waals surface area contributed by atoms with E-state index in [0.29, 0.717) is 38.5 Å². The molecule has 0 atom stereocenters. The van der Waals surface area contributed by atoms with Crippen molar-refractivity contribution in [2.75, 3.05) is 19.8 Å². The van der Waals surface area contributed by atoms with Crippen molar-refractivity contribution in [3.8, 4) is 0 Å². The zero-order valence-corrected chi connectivity index (χ0v) is 12.3. The predicted octanol–water partition coefficient (Wildman–Crippen LogP) is 1.60. The van der Waals surface area contributed by atoms with E-state index in [4.69, 9.17) is 4.74 Å². The number of hydrogen-bond acceptors (Lipinski definition) is 3. The van der Waals surface area contributed by atoms with Crippen LogP contribution >= 0.6 is 0 Å². The van der Waals surface area contributed by atoms with E-state index in [2.05, 4.69) is 10.6 Å². The van der Waals surface area contributed by atoms with Gasteiger partial charge in [0.1, 0.15) is 5.54 Å². The fourth-order valence-electron chi connectivity index (χ4n) is 1.60. The quantitative estimate of drug-likeness (QED) is 0.557. The van der Waals surface area contributed by atoms with Crippen LogP contribution in [0.5, 0.6) is 0 Å². The molecular weight excluding hydrogens is 248 g/mol. The highest BCUT2D eigenvalue weighted by molar-refractivity contribution is 5.86. The summed E-state index contributed by atoms with van der Waals surface area (Å²) in [4.78, 5) is 22.8. The number of carbonyl (C=O) groups excluding carboxylic acids is 1. The fraction of sp³-hybridized carbons (Fsp3) is 0.846. The first-order valence-electron chi connectivity index (χ1n) is 6.75. The molecule has 0 radical (unpaired) electrons. The minimum absolute atomic E-state index is 0.343. The highest BCUT2D eigenvalue weighted by Gasteiger charge is 2.36. The van der Waals surface area contributed by atoms with Gasteiger partial charge >= 0.3 is 12.0 Å². The topological polar surface area (TPSA) is 87.7 Å². The molecule has 0 aromatic carbocycles. The van der Waals surface area contributed by atoms with E-state index in [-0.39, 0.29) is 0 Å². The molecule has 0 saturated carbocycles. The minimum atomic E-state index is -1.19. The molecule has 0 saturated heterocycles. The van der Waals surface area contributed by atoms with Gasteiger partial charge in [-0.15, -0.1) is 0 Å². The minimum Gasteiger partial charge on any atom is -0.480 e. The number of rotatable bonds is 9. The maximum absolute atomic E-state index is 11.6. The molecule has 0 fully saturated rings. The number of nitrogens with one attached hydrogen (secondary N) is 2. The van der Waals surface area contributed by atoms with Crippen LogP contribution in [0.15, 0.2) is 0 Å². The number of ether oxygens (including phenoxy) is 1. The van der Waals surface area contributed by atoms with Gasteiger partial charge in [-0.05, 0) is 18.8 Å². The van der Waals surface area contributed by atoms with Crippen molar-refractivity contribution >= 4 is 12.0 Å². The van der Waals surface area contributed by atoms with Crippen LogP contribution in [0.25, 0.3) is 0 Å². The van der Waals surface area contributed by atoms with E-state index >= 15 is 0 Å². The third kappa shape index (κ3) is 6.42. The van der Waals surface area contributed by atoms with Crippen LogP contribution in [-0.4, -0.2) is 42.4 Å². The summed E-state index contributed by atoms with van der Waals surface area (Å²) in [6, 6.07) is -0.473. The number of carboxylic acid groups (broad SMARTS) is 1. The number of urea groups is 1. The Hall–Kier alpha value is -1.30. The number of aliphatic carboxylic acids is 1. The van der Waals surface area contributed by atoms with Gasteiger partial charge < -0.3 is 20.5 Å². The second kappa shape index (κ2) is 8.74. The molecular formula is C13H26N2O4. The standard InChI is InChI=1S/C13H26N2O4/c1-5-13(6-2,11(16)17)15-12(18)14-7-8-19-9-10(3)4/h10H,5-9H2,1-4H3,(H,16,17)(H2,14,15,18). The summed E-state index contributed by atoms with van der Waals surface area (Å²) in [6.07, 6.45) is 0.687. The molecule has 0 aliphatic rings. The molecule has 0 heterocycles. The number of amides is 2. The lowest BCUT2D eigenvalue weighted by Crippen LogP contribution is -2.56. The van der Waals surface area contributed by atoms with Crippen molar-refractivity contribution in [2.45, 2.75) is 46.1 Å². The summed E-state index contributed by atoms with van der Waals surface area (Å²) in [7, 11) is 0. The Kier molecular flexibility index (Phi) is 8.14. The summed E-state index contributed by atoms with van der Waals surface area (Å²) in [5, 5.41) is 14.3. The number of carbonyl (C=O) groups is 2. The monoisotopic (exact) mass is 274 g/mol. The first-order chi connectivity index (χ1) is 8.88. The van der Waals surface area contributed by atoms with Crippen molar-refractivity contribution in [3.63, 3.8) is 0 Å². The van der Waals surface area contributed by atoms with Crippen LogP contribution in [0.4, 0.5) is 4.79 Å². The van der Waals surface area contributed by atoms with Gasteiger partial charge in [0, 0.05) is 13.2 Å². The van der Waals surface area contributed by atoms with Gasteiger partial charge in [0.05, 0.1) is 6.61 Å². The van der Waals surface area contributed by atoms with Crippen molar-refractivity contribution in [3.05, 3.63) is 0 Å². The second-order valence-electron chi connectivity index (χ2n) is 4.94. The number of carboxylic acids is 1. The van der Waals surface area contributed by atoms with Crippen LogP contribution in [0.2, 0.25) is 0 Å². The van der Waals surface area contributed by atoms with E-state index in [1.54, 1.807) is 13.8 Å². The van der Waals surface area contributed by atoms with Crippen LogP contribution in [0.3, 0.4) is 0 Å². The average Bonchev–Trinajstić information content (AvgIpc) is 2.34. The van der Waals surface area contributed by atoms with E-state index < -0.39 is 17.5 Å². The first-order valence-corrected chi connectivity index (χ1v) is 6.75. The predicted molar refractivity (Wildman–Crippen MR) is 73.1 cm³/mol. The molecule has 0 rings (SSSR count). The van der Waals surface area contributed by atoms with Gasteiger partial charge in [0.15, 0.2) is 0 Å². The van der Waals surface area contributed by atoms with Crippen molar-refractivity contribution < 1.29 is 19.4 Å². The van der Waals surface area contributed by atoms with Crippen LogP contribution in [0.1, 0.15) is 40.5 Å². The molecule has 0 bridgehead atoms. The SMILES string of the molecule is CCC(CC)(NC(=O)NCCOCC(C)C)C(=O)O. The fourth-order valence-corrected chi connectivity index (χ4v) is 1.60. The van der Waals surface area contributed by atoms with Gasteiger partial charge in [-0.2, -0.15) is 0 Å². The van der Waals surface area contributed by atoms with Crippen molar-refractivity contribution in [1.29, 1.82) is 0 Å². The van der Waals surface area contributed by atoms with E-state index in [9.17, 15) is 14.7 Å². The Labute approximate surface area is 114 Å². The smallest absolute Gasteiger partial charge is 0.329 e. The second-order valence-corrected chi connectivity index (χ2v) is 4.94. The summed E-state index contributed by atoms with van der Waals surface area (Å²) < 4.78 is 5.32. The molecule has 0 aliphatic heterocycles. The molecule has 0 aliphatic carbocycles. The lowest BCUT2D eigenvalue weighted by molar-refractivity contribution is -0.144. The summed E-state index contributed by atoms with van der Waals surface area (Å²) in [5.41, 5.74) is -1.19. The van der Waals surface area contributed by atoms with E-state index in [1.807, 2.05) is 13.8 Å². The zero-order valence-electron chi connectivity index (χ0n) is 12.3. The van der Waals surface area contributed by atoms with Gasteiger partial charge in [-0.1, -0.05) is 27.7 Å². The van der Waals surface area contributed by atoms with E-state index in [1.165, 1.54) is 0 Å². The molecule has 19 heavy (non-hydrogen) atoms. The molecule has 3 N–H and O–H groups in total. The summed E-state index contributed by atoms with van der Waals surface area (Å²) >= 11 is 0. The van der Waals surface area contributed by atoms with Crippen LogP contribution < -0.4 is 10.6 Å². The normalized spacial score (nSPS) is 11.4. The van der Waals surface area contributed by atoms with Gasteiger partial charge in [0.25, 0.3) is 0 Å². The molecule has 112 valence electrons. The largest absolute Gasteiger partial charge is 0.480 e. The van der Waals surface area contributed by atoms with Gasteiger partial charge in [-0.3, -0.25) is 0 Å². The Bertz CT molecular complexity index is 288. The lowest BCUT2D eigenvalue weighted by Gasteiger charge is -2.28. The molecule has 0 unspecified atom stereocenters. The van der Waals surface area contributed by atoms with Crippen molar-refractivity contribution in [2.24, 2.45) is 5.92 Å².